The van der Waals surface area contributed by atoms with Gasteiger partial charge in [0.2, 0.25) is 0 Å². The molecule has 2 aromatic carbocycles. The molecule has 5 heteroatoms. The topological polar surface area (TPSA) is 63.6 Å². The Balaban J connectivity index is 2.36. The summed E-state index contributed by atoms with van der Waals surface area (Å²) in [6.07, 6.45) is 0. The maximum atomic E-state index is 12.1. The standard InChI is InChI=1S/C14H14O4S/c1-10-4-3-5-12(8-10)19(16,17)18-14-7-6-11(2)9-13(14)15/h3-9,15H,1-2H3. The molecule has 0 amide bonds. The largest absolute Gasteiger partial charge is 0.504 e. The van der Waals surface area contributed by atoms with Crippen LogP contribution in [0, 0.1) is 13.8 Å². The van der Waals surface area contributed by atoms with Crippen LogP contribution in [0.3, 0.4) is 0 Å². The smallest absolute Gasteiger partial charge is 0.339 e. The van der Waals surface area contributed by atoms with E-state index in [-0.39, 0.29) is 16.4 Å². The molecular formula is C14H14O4S. The van der Waals surface area contributed by atoms with Crippen molar-refractivity contribution in [2.75, 3.05) is 0 Å². The minimum absolute atomic E-state index is 0.0625. The zero-order chi connectivity index (χ0) is 14.0. The van der Waals surface area contributed by atoms with E-state index in [0.29, 0.717) is 0 Å². The molecular weight excluding hydrogens is 264 g/mol. The molecule has 0 unspecified atom stereocenters. The molecule has 0 bridgehead atoms. The van der Waals surface area contributed by atoms with Crippen molar-refractivity contribution in [3.8, 4) is 11.5 Å². The highest BCUT2D eigenvalue weighted by molar-refractivity contribution is 7.87. The van der Waals surface area contributed by atoms with Crippen LogP contribution in [0.5, 0.6) is 11.5 Å². The lowest BCUT2D eigenvalue weighted by Gasteiger charge is -2.09. The Morgan fingerprint density at radius 3 is 2.32 bits per heavy atom. The maximum absolute atomic E-state index is 12.1. The van der Waals surface area contributed by atoms with E-state index >= 15 is 0 Å². The second-order valence-corrected chi connectivity index (χ2v) is 5.87. The molecule has 0 saturated carbocycles. The highest BCUT2D eigenvalue weighted by Gasteiger charge is 2.18. The minimum atomic E-state index is -3.93. The fourth-order valence-electron chi connectivity index (χ4n) is 1.64. The van der Waals surface area contributed by atoms with E-state index in [9.17, 15) is 13.5 Å². The molecule has 0 saturated heterocycles. The summed E-state index contributed by atoms with van der Waals surface area (Å²) >= 11 is 0. The van der Waals surface area contributed by atoms with Gasteiger partial charge in [-0.2, -0.15) is 8.42 Å². The van der Waals surface area contributed by atoms with Crippen molar-refractivity contribution in [1.29, 1.82) is 0 Å². The Morgan fingerprint density at radius 2 is 1.68 bits per heavy atom. The van der Waals surface area contributed by atoms with Crippen LogP contribution in [0.4, 0.5) is 0 Å². The van der Waals surface area contributed by atoms with Crippen molar-refractivity contribution in [3.05, 3.63) is 53.6 Å². The lowest BCUT2D eigenvalue weighted by molar-refractivity contribution is 0.428. The normalized spacial score (nSPS) is 11.3. The van der Waals surface area contributed by atoms with Gasteiger partial charge < -0.3 is 9.29 Å². The first-order valence-corrected chi connectivity index (χ1v) is 7.10. The third-order valence-corrected chi connectivity index (χ3v) is 3.82. The van der Waals surface area contributed by atoms with E-state index in [1.165, 1.54) is 24.3 Å². The lowest BCUT2D eigenvalue weighted by atomic mass is 10.2. The molecule has 1 N–H and O–H groups in total. The zero-order valence-electron chi connectivity index (χ0n) is 10.6. The molecule has 0 spiro atoms. The van der Waals surface area contributed by atoms with Crippen LogP contribution < -0.4 is 4.18 Å². The maximum Gasteiger partial charge on any atom is 0.339 e. The van der Waals surface area contributed by atoms with Crippen LogP contribution in [0.25, 0.3) is 0 Å². The molecule has 2 rings (SSSR count). The number of phenols is 1. The Bertz CT molecular complexity index is 705. The molecule has 0 atom stereocenters. The van der Waals surface area contributed by atoms with Gasteiger partial charge in [0.1, 0.15) is 4.90 Å². The van der Waals surface area contributed by atoms with Gasteiger partial charge in [-0.15, -0.1) is 0 Å². The van der Waals surface area contributed by atoms with Gasteiger partial charge in [-0.3, -0.25) is 0 Å². The monoisotopic (exact) mass is 278 g/mol. The van der Waals surface area contributed by atoms with Crippen molar-refractivity contribution in [3.63, 3.8) is 0 Å². The third kappa shape index (κ3) is 3.06. The summed E-state index contributed by atoms with van der Waals surface area (Å²) in [5.74, 6) is -0.275. The Morgan fingerprint density at radius 1 is 1.00 bits per heavy atom. The Hall–Kier alpha value is -2.01. The lowest BCUT2D eigenvalue weighted by Crippen LogP contribution is -2.10. The quantitative estimate of drug-likeness (QED) is 0.877. The first kappa shape index (κ1) is 13.4. The summed E-state index contributed by atoms with van der Waals surface area (Å²) in [5, 5.41) is 9.67. The average Bonchev–Trinajstić information content (AvgIpc) is 2.33. The van der Waals surface area contributed by atoms with Crippen LogP contribution in [0.2, 0.25) is 0 Å². The molecule has 0 heterocycles. The average molecular weight is 278 g/mol. The van der Waals surface area contributed by atoms with Gasteiger partial charge in [-0.25, -0.2) is 0 Å². The van der Waals surface area contributed by atoms with E-state index in [1.54, 1.807) is 32.0 Å². The number of rotatable bonds is 3. The molecule has 0 aromatic heterocycles. The molecule has 19 heavy (non-hydrogen) atoms. The van der Waals surface area contributed by atoms with Crippen molar-refractivity contribution >= 4 is 10.1 Å². The number of hydrogen-bond donors (Lipinski definition) is 1. The second-order valence-electron chi connectivity index (χ2n) is 4.33. The molecule has 0 aliphatic carbocycles. The molecule has 0 aliphatic heterocycles. The minimum Gasteiger partial charge on any atom is -0.504 e. The number of aromatic hydroxyl groups is 1. The van der Waals surface area contributed by atoms with Crippen LogP contribution >= 0.6 is 0 Å². The number of hydrogen-bond acceptors (Lipinski definition) is 4. The van der Waals surface area contributed by atoms with Crippen LogP contribution in [-0.2, 0) is 10.1 Å². The Kier molecular flexibility index (Phi) is 3.48. The summed E-state index contributed by atoms with van der Waals surface area (Å²) in [4.78, 5) is 0.0625. The summed E-state index contributed by atoms with van der Waals surface area (Å²) in [5.41, 5.74) is 1.63. The highest BCUT2D eigenvalue weighted by atomic mass is 32.2. The first-order chi connectivity index (χ1) is 8.88. The van der Waals surface area contributed by atoms with E-state index in [4.69, 9.17) is 4.18 Å². The summed E-state index contributed by atoms with van der Waals surface area (Å²) in [6, 6.07) is 10.9. The predicted octanol–water partition coefficient (Wildman–Crippen LogP) is 2.78. The van der Waals surface area contributed by atoms with Crippen LogP contribution in [0.1, 0.15) is 11.1 Å². The molecule has 0 radical (unpaired) electrons. The number of phenolic OH excluding ortho intramolecular Hbond substituents is 1. The molecule has 0 fully saturated rings. The predicted molar refractivity (Wildman–Crippen MR) is 71.8 cm³/mol. The third-order valence-electron chi connectivity index (χ3n) is 2.59. The highest BCUT2D eigenvalue weighted by Crippen LogP contribution is 2.29. The Labute approximate surface area is 112 Å². The van der Waals surface area contributed by atoms with Gasteiger partial charge in [0, 0.05) is 0 Å². The number of aryl methyl sites for hydroxylation is 2. The second kappa shape index (κ2) is 4.93. The van der Waals surface area contributed by atoms with Crippen LogP contribution in [0.15, 0.2) is 47.4 Å². The molecule has 100 valence electrons. The van der Waals surface area contributed by atoms with Crippen molar-refractivity contribution < 1.29 is 17.7 Å². The first-order valence-electron chi connectivity index (χ1n) is 5.69. The van der Waals surface area contributed by atoms with Gasteiger partial charge in [0.05, 0.1) is 0 Å². The molecule has 2 aromatic rings. The SMILES string of the molecule is Cc1cccc(S(=O)(=O)Oc2ccc(C)cc2O)c1. The van der Waals surface area contributed by atoms with E-state index in [2.05, 4.69) is 0 Å². The summed E-state index contributed by atoms with van der Waals surface area (Å²) in [7, 11) is -3.93. The van der Waals surface area contributed by atoms with Crippen LogP contribution in [-0.4, -0.2) is 13.5 Å². The van der Waals surface area contributed by atoms with Crippen molar-refractivity contribution in [2.24, 2.45) is 0 Å². The zero-order valence-corrected chi connectivity index (χ0v) is 11.4. The van der Waals surface area contributed by atoms with E-state index < -0.39 is 10.1 Å². The molecule has 4 nitrogen and oxygen atoms in total. The number of benzene rings is 2. The van der Waals surface area contributed by atoms with Gasteiger partial charge in [-0.05, 0) is 49.2 Å². The van der Waals surface area contributed by atoms with Gasteiger partial charge in [0.25, 0.3) is 0 Å². The van der Waals surface area contributed by atoms with Gasteiger partial charge >= 0.3 is 10.1 Å². The summed E-state index contributed by atoms with van der Waals surface area (Å²) < 4.78 is 29.1. The van der Waals surface area contributed by atoms with Gasteiger partial charge in [-0.1, -0.05) is 18.2 Å². The fourth-order valence-corrected chi connectivity index (χ4v) is 2.68. The van der Waals surface area contributed by atoms with Crippen molar-refractivity contribution in [2.45, 2.75) is 18.7 Å². The fraction of sp³-hybridized carbons (Fsp3) is 0.143. The van der Waals surface area contributed by atoms with E-state index in [0.717, 1.165) is 11.1 Å². The van der Waals surface area contributed by atoms with Crippen molar-refractivity contribution in [1.82, 2.24) is 0 Å². The summed E-state index contributed by atoms with van der Waals surface area (Å²) in [6.45, 7) is 3.58. The van der Waals surface area contributed by atoms with Gasteiger partial charge in [0.15, 0.2) is 11.5 Å². The van der Waals surface area contributed by atoms with E-state index in [1.807, 2.05) is 0 Å². The molecule has 0 aliphatic rings.